The van der Waals surface area contributed by atoms with Crippen molar-refractivity contribution >= 4 is 0 Å². The van der Waals surface area contributed by atoms with Crippen molar-refractivity contribution < 1.29 is 14.6 Å². The highest BCUT2D eigenvalue weighted by Crippen LogP contribution is 2.42. The molecule has 1 aliphatic heterocycles. The van der Waals surface area contributed by atoms with Crippen molar-refractivity contribution in [1.29, 1.82) is 0 Å². The van der Waals surface area contributed by atoms with Crippen molar-refractivity contribution in [2.24, 2.45) is 5.41 Å². The lowest BCUT2D eigenvalue weighted by molar-refractivity contribution is -0.0940. The lowest BCUT2D eigenvalue weighted by atomic mass is 9.75. The van der Waals surface area contributed by atoms with Crippen molar-refractivity contribution in [3.8, 4) is 0 Å². The largest absolute Gasteiger partial charge is 0.388 e. The molecule has 112 valence electrons. The molecule has 1 aromatic rings. The number of ether oxygens (including phenoxy) is 2. The van der Waals surface area contributed by atoms with Crippen LogP contribution in [0.3, 0.4) is 0 Å². The van der Waals surface area contributed by atoms with Crippen LogP contribution in [0, 0.1) is 12.3 Å². The van der Waals surface area contributed by atoms with E-state index in [0.717, 1.165) is 24.9 Å². The number of hydrogen-bond donors (Lipinski definition) is 1. The molecule has 2 aliphatic rings. The lowest BCUT2D eigenvalue weighted by Gasteiger charge is -2.34. The first-order valence-electron chi connectivity index (χ1n) is 7.52. The number of fused-ring (bicyclic) bond motifs is 1. The highest BCUT2D eigenvalue weighted by molar-refractivity contribution is 5.33. The van der Waals surface area contributed by atoms with Crippen LogP contribution < -0.4 is 0 Å². The average Bonchev–Trinajstić information content (AvgIpc) is 2.67. The van der Waals surface area contributed by atoms with Crippen LogP contribution in [0.2, 0.25) is 0 Å². The molecule has 1 aliphatic carbocycles. The molecule has 0 amide bonds. The van der Waals surface area contributed by atoms with Gasteiger partial charge in [-0.05, 0) is 31.2 Å². The summed E-state index contributed by atoms with van der Waals surface area (Å²) in [4.78, 5) is 0. The van der Waals surface area contributed by atoms with Gasteiger partial charge in [0.1, 0.15) is 0 Å². The topological polar surface area (TPSA) is 43.6 Å². The molecule has 0 radical (unpaired) electrons. The fourth-order valence-electron chi connectivity index (χ4n) is 3.50. The number of aliphatic hydroxyl groups excluding tert-OH is 1. The second kappa shape index (κ2) is 5.17. The Labute approximate surface area is 120 Å². The van der Waals surface area contributed by atoms with Gasteiger partial charge in [0.2, 0.25) is 0 Å². The third kappa shape index (κ3) is 2.65. The SMILES string of the molecule is Cc1cc2c(n1CC1COCCO1)CC(C)(C)CC2O. The van der Waals surface area contributed by atoms with Crippen molar-refractivity contribution in [1.82, 2.24) is 4.57 Å². The van der Waals surface area contributed by atoms with Crippen LogP contribution in [-0.4, -0.2) is 35.6 Å². The molecular weight excluding hydrogens is 254 g/mol. The van der Waals surface area contributed by atoms with E-state index >= 15 is 0 Å². The molecule has 0 bridgehead atoms. The summed E-state index contributed by atoms with van der Waals surface area (Å²) in [6, 6.07) is 2.14. The van der Waals surface area contributed by atoms with E-state index in [4.69, 9.17) is 9.47 Å². The van der Waals surface area contributed by atoms with Gasteiger partial charge in [0.05, 0.1) is 38.6 Å². The minimum Gasteiger partial charge on any atom is -0.388 e. The van der Waals surface area contributed by atoms with Crippen molar-refractivity contribution in [3.63, 3.8) is 0 Å². The van der Waals surface area contributed by atoms with E-state index < -0.39 is 0 Å². The fourth-order valence-corrected chi connectivity index (χ4v) is 3.50. The number of aliphatic hydroxyl groups is 1. The van der Waals surface area contributed by atoms with Crippen LogP contribution in [0.25, 0.3) is 0 Å². The summed E-state index contributed by atoms with van der Waals surface area (Å²) < 4.78 is 13.6. The zero-order chi connectivity index (χ0) is 14.3. The van der Waals surface area contributed by atoms with E-state index in [1.54, 1.807) is 0 Å². The first kappa shape index (κ1) is 14.1. The smallest absolute Gasteiger partial charge is 0.0987 e. The third-order valence-electron chi connectivity index (χ3n) is 4.47. The van der Waals surface area contributed by atoms with Crippen LogP contribution in [0.15, 0.2) is 6.07 Å². The van der Waals surface area contributed by atoms with Gasteiger partial charge in [-0.1, -0.05) is 13.8 Å². The van der Waals surface area contributed by atoms with E-state index in [1.165, 1.54) is 11.4 Å². The predicted octanol–water partition coefficient (Wildman–Crippen LogP) is 2.22. The molecule has 4 heteroatoms. The Hall–Kier alpha value is -0.840. The molecule has 1 fully saturated rings. The quantitative estimate of drug-likeness (QED) is 0.902. The van der Waals surface area contributed by atoms with Gasteiger partial charge in [-0.3, -0.25) is 0 Å². The molecule has 0 aromatic carbocycles. The molecule has 2 unspecified atom stereocenters. The van der Waals surface area contributed by atoms with E-state index in [1.807, 2.05) is 0 Å². The van der Waals surface area contributed by atoms with Gasteiger partial charge in [0.15, 0.2) is 0 Å². The Bertz CT molecular complexity index is 486. The van der Waals surface area contributed by atoms with Crippen LogP contribution in [0.4, 0.5) is 0 Å². The minimum atomic E-state index is -0.336. The summed E-state index contributed by atoms with van der Waals surface area (Å²) in [5.74, 6) is 0. The maximum atomic E-state index is 10.4. The maximum absolute atomic E-state index is 10.4. The predicted molar refractivity (Wildman–Crippen MR) is 76.8 cm³/mol. The van der Waals surface area contributed by atoms with Crippen LogP contribution in [0.5, 0.6) is 0 Å². The number of hydrogen-bond acceptors (Lipinski definition) is 3. The first-order chi connectivity index (χ1) is 9.46. The van der Waals surface area contributed by atoms with Crippen molar-refractivity contribution in [3.05, 3.63) is 23.0 Å². The monoisotopic (exact) mass is 279 g/mol. The number of aryl methyl sites for hydroxylation is 1. The second-order valence-corrected chi connectivity index (χ2v) is 6.93. The van der Waals surface area contributed by atoms with Crippen LogP contribution >= 0.6 is 0 Å². The molecule has 2 atom stereocenters. The molecule has 1 N–H and O–H groups in total. The van der Waals surface area contributed by atoms with Crippen molar-refractivity contribution in [2.45, 2.75) is 52.4 Å². The molecule has 1 saturated heterocycles. The third-order valence-corrected chi connectivity index (χ3v) is 4.47. The summed E-state index contributed by atoms with van der Waals surface area (Å²) in [5.41, 5.74) is 3.75. The average molecular weight is 279 g/mol. The van der Waals surface area contributed by atoms with Gasteiger partial charge in [-0.2, -0.15) is 0 Å². The number of rotatable bonds is 2. The Morgan fingerprint density at radius 1 is 1.40 bits per heavy atom. The molecular formula is C16H25NO3. The van der Waals surface area contributed by atoms with Gasteiger partial charge in [-0.25, -0.2) is 0 Å². The summed E-state index contributed by atoms with van der Waals surface area (Å²) in [5, 5.41) is 10.4. The number of aromatic nitrogens is 1. The van der Waals surface area contributed by atoms with E-state index in [2.05, 4.69) is 31.4 Å². The molecule has 20 heavy (non-hydrogen) atoms. The Kier molecular flexibility index (Phi) is 3.65. The Balaban J connectivity index is 1.88. The summed E-state index contributed by atoms with van der Waals surface area (Å²) in [7, 11) is 0. The molecule has 4 nitrogen and oxygen atoms in total. The normalized spacial score (nSPS) is 29.2. The van der Waals surface area contributed by atoms with Gasteiger partial charge >= 0.3 is 0 Å². The first-order valence-corrected chi connectivity index (χ1v) is 7.52. The minimum absolute atomic E-state index is 0.126. The van der Waals surface area contributed by atoms with Crippen molar-refractivity contribution in [2.75, 3.05) is 19.8 Å². The molecule has 0 saturated carbocycles. The summed E-state index contributed by atoms with van der Waals surface area (Å²) in [6.45, 7) is 9.44. The van der Waals surface area contributed by atoms with E-state index in [9.17, 15) is 5.11 Å². The Morgan fingerprint density at radius 2 is 2.20 bits per heavy atom. The van der Waals surface area contributed by atoms with Gasteiger partial charge in [0, 0.05) is 17.0 Å². The second-order valence-electron chi connectivity index (χ2n) is 6.93. The number of nitrogens with zero attached hydrogens (tertiary/aromatic N) is 1. The molecule has 2 heterocycles. The summed E-state index contributed by atoms with van der Waals surface area (Å²) >= 11 is 0. The fraction of sp³-hybridized carbons (Fsp3) is 0.750. The highest BCUT2D eigenvalue weighted by atomic mass is 16.6. The van der Waals surface area contributed by atoms with E-state index in [-0.39, 0.29) is 17.6 Å². The molecule has 0 spiro atoms. The summed E-state index contributed by atoms with van der Waals surface area (Å²) in [6.07, 6.45) is 1.64. The zero-order valence-corrected chi connectivity index (χ0v) is 12.7. The van der Waals surface area contributed by atoms with E-state index in [0.29, 0.717) is 19.8 Å². The molecule has 1 aromatic heterocycles. The standard InChI is InChI=1S/C16H25NO3/c1-11-6-13-14(7-16(2,3)8-15(13)18)17(11)9-12-10-19-4-5-20-12/h6,12,15,18H,4-5,7-10H2,1-3H3. The Morgan fingerprint density at radius 3 is 2.90 bits per heavy atom. The van der Waals surface area contributed by atoms with Gasteiger partial charge in [0.25, 0.3) is 0 Å². The van der Waals surface area contributed by atoms with Crippen LogP contribution in [-0.2, 0) is 22.4 Å². The lowest BCUT2D eigenvalue weighted by Crippen LogP contribution is -2.34. The molecule has 3 rings (SSSR count). The zero-order valence-electron chi connectivity index (χ0n) is 12.7. The van der Waals surface area contributed by atoms with Crippen LogP contribution in [0.1, 0.15) is 43.3 Å². The van der Waals surface area contributed by atoms with Gasteiger partial charge < -0.3 is 19.1 Å². The van der Waals surface area contributed by atoms with Gasteiger partial charge in [-0.15, -0.1) is 0 Å². The maximum Gasteiger partial charge on any atom is 0.0987 e. The highest BCUT2D eigenvalue weighted by Gasteiger charge is 2.34.